The molecule has 1 amide bonds. The van der Waals surface area contributed by atoms with Crippen LogP contribution in [-0.4, -0.2) is 56.9 Å². The van der Waals surface area contributed by atoms with E-state index in [9.17, 15) is 4.79 Å². The third-order valence-electron chi connectivity index (χ3n) is 3.72. The second-order valence-electron chi connectivity index (χ2n) is 4.93. The number of nitrogens with zero attached hydrogens (tertiary/aromatic N) is 1. The van der Waals surface area contributed by atoms with E-state index >= 15 is 0 Å². The fraction of sp³-hybridized carbons (Fsp3) is 0.923. The summed E-state index contributed by atoms with van der Waals surface area (Å²) in [6.07, 6.45) is 4.45. The number of hydrogen-bond donors (Lipinski definition) is 1. The van der Waals surface area contributed by atoms with Gasteiger partial charge in [-0.2, -0.15) is 0 Å². The lowest BCUT2D eigenvalue weighted by atomic mass is 9.77. The Morgan fingerprint density at radius 1 is 1.33 bits per heavy atom. The molecule has 0 spiro atoms. The van der Waals surface area contributed by atoms with Crippen LogP contribution in [0.15, 0.2) is 0 Å². The molecular weight excluding hydrogens is 232 g/mol. The number of rotatable bonds is 9. The molecule has 0 saturated heterocycles. The lowest BCUT2D eigenvalue weighted by Gasteiger charge is -2.41. The van der Waals surface area contributed by atoms with Crippen LogP contribution in [0, 0.1) is 0 Å². The van der Waals surface area contributed by atoms with E-state index < -0.39 is 0 Å². The number of nitrogens with two attached hydrogens (primary N) is 1. The molecule has 2 N–H and O–H groups in total. The summed E-state index contributed by atoms with van der Waals surface area (Å²) in [5, 5.41) is 0. The van der Waals surface area contributed by atoms with Crippen LogP contribution in [0.5, 0.6) is 0 Å². The molecule has 5 nitrogen and oxygen atoms in total. The van der Waals surface area contributed by atoms with Gasteiger partial charge in [-0.15, -0.1) is 0 Å². The van der Waals surface area contributed by atoms with Gasteiger partial charge < -0.3 is 20.1 Å². The van der Waals surface area contributed by atoms with Gasteiger partial charge in [0.05, 0.1) is 18.6 Å². The van der Waals surface area contributed by atoms with Gasteiger partial charge in [0.25, 0.3) is 0 Å². The minimum Gasteiger partial charge on any atom is -0.383 e. The zero-order chi connectivity index (χ0) is 13.4. The fourth-order valence-electron chi connectivity index (χ4n) is 2.26. The molecule has 0 aliphatic heterocycles. The summed E-state index contributed by atoms with van der Waals surface area (Å²) in [4.78, 5) is 14.1. The molecule has 5 heteroatoms. The molecule has 1 aliphatic rings. The Morgan fingerprint density at radius 3 is 2.50 bits per heavy atom. The summed E-state index contributed by atoms with van der Waals surface area (Å²) in [6.45, 7) is 2.51. The predicted molar refractivity (Wildman–Crippen MR) is 70.3 cm³/mol. The van der Waals surface area contributed by atoms with Gasteiger partial charge in [-0.3, -0.25) is 4.79 Å². The number of carbonyl (C=O) groups excluding carboxylic acids is 1. The Morgan fingerprint density at radius 2 is 2.06 bits per heavy atom. The Kier molecular flexibility index (Phi) is 6.60. The summed E-state index contributed by atoms with van der Waals surface area (Å²) in [6, 6.07) is 0. The van der Waals surface area contributed by atoms with Crippen molar-refractivity contribution in [1.29, 1.82) is 0 Å². The number of amides is 1. The first-order valence-electron chi connectivity index (χ1n) is 6.69. The van der Waals surface area contributed by atoms with Crippen LogP contribution in [0.1, 0.15) is 32.1 Å². The van der Waals surface area contributed by atoms with Crippen LogP contribution in [0.4, 0.5) is 0 Å². The highest BCUT2D eigenvalue weighted by molar-refractivity contribution is 5.77. The molecular formula is C13H26N2O3. The lowest BCUT2D eigenvalue weighted by Crippen LogP contribution is -2.46. The quantitative estimate of drug-likeness (QED) is 0.663. The van der Waals surface area contributed by atoms with Crippen molar-refractivity contribution in [3.8, 4) is 0 Å². The first kappa shape index (κ1) is 15.4. The maximum absolute atomic E-state index is 12.3. The van der Waals surface area contributed by atoms with Gasteiger partial charge in [0, 0.05) is 27.3 Å². The van der Waals surface area contributed by atoms with Gasteiger partial charge in [0.1, 0.15) is 0 Å². The molecule has 0 aromatic heterocycles. The highest BCUT2D eigenvalue weighted by atomic mass is 16.5. The average Bonchev–Trinajstić information content (AvgIpc) is 2.33. The molecule has 1 aliphatic carbocycles. The van der Waals surface area contributed by atoms with Crippen LogP contribution in [-0.2, 0) is 14.3 Å². The summed E-state index contributed by atoms with van der Waals surface area (Å²) >= 11 is 0. The summed E-state index contributed by atoms with van der Waals surface area (Å²) in [7, 11) is 3.35. The van der Waals surface area contributed by atoms with E-state index in [0.717, 1.165) is 25.7 Å². The molecule has 0 radical (unpaired) electrons. The van der Waals surface area contributed by atoms with E-state index in [-0.39, 0.29) is 11.5 Å². The zero-order valence-electron chi connectivity index (χ0n) is 11.6. The Labute approximate surface area is 110 Å². The highest BCUT2D eigenvalue weighted by Crippen LogP contribution is 2.38. The first-order valence-corrected chi connectivity index (χ1v) is 6.69. The van der Waals surface area contributed by atoms with Crippen molar-refractivity contribution >= 4 is 5.91 Å². The van der Waals surface area contributed by atoms with Crippen molar-refractivity contribution in [2.75, 3.05) is 40.5 Å². The van der Waals surface area contributed by atoms with E-state index in [2.05, 4.69) is 0 Å². The van der Waals surface area contributed by atoms with Crippen molar-refractivity contribution in [2.45, 2.75) is 37.7 Å². The van der Waals surface area contributed by atoms with Crippen molar-refractivity contribution in [3.63, 3.8) is 0 Å². The maximum Gasteiger partial charge on any atom is 0.225 e. The third kappa shape index (κ3) is 4.23. The van der Waals surface area contributed by atoms with Crippen LogP contribution in [0.2, 0.25) is 0 Å². The third-order valence-corrected chi connectivity index (χ3v) is 3.72. The summed E-state index contributed by atoms with van der Waals surface area (Å²) < 4.78 is 10.5. The maximum atomic E-state index is 12.3. The molecule has 0 unspecified atom stereocenters. The van der Waals surface area contributed by atoms with Gasteiger partial charge >= 0.3 is 0 Å². The molecule has 1 rings (SSSR count). The topological polar surface area (TPSA) is 64.8 Å². The van der Waals surface area contributed by atoms with Gasteiger partial charge in [-0.1, -0.05) is 0 Å². The van der Waals surface area contributed by atoms with Gasteiger partial charge in [-0.25, -0.2) is 0 Å². The smallest absolute Gasteiger partial charge is 0.225 e. The number of ether oxygens (including phenoxy) is 2. The Bertz CT molecular complexity index is 241. The van der Waals surface area contributed by atoms with Crippen LogP contribution in [0.25, 0.3) is 0 Å². The lowest BCUT2D eigenvalue weighted by molar-refractivity contribution is -0.144. The monoisotopic (exact) mass is 258 g/mol. The molecule has 0 heterocycles. The minimum atomic E-state index is -0.203. The van der Waals surface area contributed by atoms with E-state index in [1.807, 2.05) is 4.90 Å². The van der Waals surface area contributed by atoms with E-state index in [1.165, 1.54) is 0 Å². The largest absolute Gasteiger partial charge is 0.383 e. The SMILES string of the molecule is COCCN(CCCN)C(=O)CC1(OC)CCC1. The number of methoxy groups -OCH3 is 2. The molecule has 0 bridgehead atoms. The van der Waals surface area contributed by atoms with Crippen LogP contribution >= 0.6 is 0 Å². The van der Waals surface area contributed by atoms with E-state index in [1.54, 1.807) is 14.2 Å². The zero-order valence-corrected chi connectivity index (χ0v) is 11.6. The van der Waals surface area contributed by atoms with Gasteiger partial charge in [0.15, 0.2) is 0 Å². The molecule has 0 aromatic carbocycles. The van der Waals surface area contributed by atoms with Gasteiger partial charge in [0.2, 0.25) is 5.91 Å². The minimum absolute atomic E-state index is 0.155. The highest BCUT2D eigenvalue weighted by Gasteiger charge is 2.39. The average molecular weight is 258 g/mol. The van der Waals surface area contributed by atoms with Crippen molar-refractivity contribution in [2.24, 2.45) is 5.73 Å². The van der Waals surface area contributed by atoms with Crippen molar-refractivity contribution in [3.05, 3.63) is 0 Å². The molecule has 0 atom stereocenters. The summed E-state index contributed by atoms with van der Waals surface area (Å²) in [5.74, 6) is 0.155. The standard InChI is InChI=1S/C13H26N2O3/c1-17-10-9-15(8-4-7-14)12(16)11-13(18-2)5-3-6-13/h3-11,14H2,1-2H3. The van der Waals surface area contributed by atoms with Crippen molar-refractivity contribution in [1.82, 2.24) is 4.90 Å². The van der Waals surface area contributed by atoms with Gasteiger partial charge in [-0.05, 0) is 32.2 Å². The predicted octanol–water partition coefficient (Wildman–Crippen LogP) is 0.769. The second-order valence-corrected chi connectivity index (χ2v) is 4.93. The van der Waals surface area contributed by atoms with E-state index in [4.69, 9.17) is 15.2 Å². The molecule has 106 valence electrons. The number of carbonyl (C=O) groups is 1. The second kappa shape index (κ2) is 7.71. The van der Waals surface area contributed by atoms with Crippen molar-refractivity contribution < 1.29 is 14.3 Å². The van der Waals surface area contributed by atoms with E-state index in [0.29, 0.717) is 32.7 Å². The Hall–Kier alpha value is -0.650. The molecule has 18 heavy (non-hydrogen) atoms. The Balaban J connectivity index is 2.46. The summed E-state index contributed by atoms with van der Waals surface area (Å²) in [5.41, 5.74) is 5.30. The normalized spacial score (nSPS) is 17.3. The molecule has 0 aromatic rings. The number of hydrogen-bond acceptors (Lipinski definition) is 4. The molecule has 1 saturated carbocycles. The fourth-order valence-corrected chi connectivity index (χ4v) is 2.26. The molecule has 1 fully saturated rings. The first-order chi connectivity index (χ1) is 8.67. The van der Waals surface area contributed by atoms with Crippen LogP contribution < -0.4 is 5.73 Å². The van der Waals surface area contributed by atoms with Crippen LogP contribution in [0.3, 0.4) is 0 Å².